The van der Waals surface area contributed by atoms with Crippen LogP contribution in [0.1, 0.15) is 31.9 Å². The first kappa shape index (κ1) is 18.8. The van der Waals surface area contributed by atoms with Gasteiger partial charge in [-0.05, 0) is 50.1 Å². The maximum absolute atomic E-state index is 12.2. The summed E-state index contributed by atoms with van der Waals surface area (Å²) in [4.78, 5) is 26.8. The van der Waals surface area contributed by atoms with Crippen LogP contribution in [0, 0.1) is 0 Å². The molecule has 0 spiro atoms. The van der Waals surface area contributed by atoms with Crippen LogP contribution in [0.2, 0.25) is 0 Å². The van der Waals surface area contributed by atoms with Crippen molar-refractivity contribution in [2.24, 2.45) is 0 Å². The SMILES string of the molecule is CN(C)C(=O)/C=C/COc1ccc2c(c1)CN(C(=O)OC(C)(C)C)C2. The van der Waals surface area contributed by atoms with E-state index in [0.717, 1.165) is 11.1 Å². The molecule has 6 nitrogen and oxygen atoms in total. The number of ether oxygens (including phenoxy) is 2. The number of rotatable bonds is 4. The van der Waals surface area contributed by atoms with Gasteiger partial charge in [-0.15, -0.1) is 0 Å². The van der Waals surface area contributed by atoms with E-state index < -0.39 is 5.60 Å². The van der Waals surface area contributed by atoms with Gasteiger partial charge in [-0.1, -0.05) is 6.07 Å². The highest BCUT2D eigenvalue weighted by Crippen LogP contribution is 2.28. The molecule has 0 saturated heterocycles. The van der Waals surface area contributed by atoms with E-state index in [0.29, 0.717) is 25.4 Å². The summed E-state index contributed by atoms with van der Waals surface area (Å²) in [6.07, 6.45) is 2.86. The maximum Gasteiger partial charge on any atom is 0.410 e. The van der Waals surface area contributed by atoms with Gasteiger partial charge in [0, 0.05) is 33.3 Å². The quantitative estimate of drug-likeness (QED) is 0.787. The van der Waals surface area contributed by atoms with Crippen molar-refractivity contribution in [1.29, 1.82) is 0 Å². The van der Waals surface area contributed by atoms with Gasteiger partial charge < -0.3 is 14.4 Å². The number of likely N-dealkylation sites (N-methyl/N-ethyl adjacent to an activating group) is 1. The van der Waals surface area contributed by atoms with Crippen molar-refractivity contribution in [3.8, 4) is 5.75 Å². The second kappa shape index (κ2) is 7.59. The Morgan fingerprint density at radius 2 is 1.88 bits per heavy atom. The molecule has 1 aliphatic heterocycles. The molecule has 1 heterocycles. The molecule has 0 unspecified atom stereocenters. The fraction of sp³-hybridized carbons (Fsp3) is 0.474. The lowest BCUT2D eigenvalue weighted by Crippen LogP contribution is -2.33. The highest BCUT2D eigenvalue weighted by molar-refractivity contribution is 5.87. The van der Waals surface area contributed by atoms with Crippen molar-refractivity contribution >= 4 is 12.0 Å². The Hall–Kier alpha value is -2.50. The van der Waals surface area contributed by atoms with E-state index in [9.17, 15) is 9.59 Å². The highest BCUT2D eigenvalue weighted by Gasteiger charge is 2.27. The molecular formula is C19H26N2O4. The fourth-order valence-corrected chi connectivity index (χ4v) is 2.36. The lowest BCUT2D eigenvalue weighted by Gasteiger charge is -2.24. The lowest BCUT2D eigenvalue weighted by molar-refractivity contribution is -0.123. The lowest BCUT2D eigenvalue weighted by atomic mass is 10.1. The molecule has 0 atom stereocenters. The Kier molecular flexibility index (Phi) is 5.72. The molecule has 0 fully saturated rings. The van der Waals surface area contributed by atoms with E-state index >= 15 is 0 Å². The summed E-state index contributed by atoms with van der Waals surface area (Å²) in [5, 5.41) is 0. The van der Waals surface area contributed by atoms with Crippen molar-refractivity contribution in [2.75, 3.05) is 20.7 Å². The van der Waals surface area contributed by atoms with Gasteiger partial charge in [0.15, 0.2) is 0 Å². The van der Waals surface area contributed by atoms with Crippen LogP contribution >= 0.6 is 0 Å². The van der Waals surface area contributed by atoms with Crippen LogP contribution in [0.25, 0.3) is 0 Å². The van der Waals surface area contributed by atoms with Crippen molar-refractivity contribution in [2.45, 2.75) is 39.5 Å². The summed E-state index contributed by atoms with van der Waals surface area (Å²) in [5.74, 6) is 0.636. The Balaban J connectivity index is 1.91. The zero-order chi connectivity index (χ0) is 18.6. The molecule has 1 aromatic carbocycles. The van der Waals surface area contributed by atoms with E-state index in [-0.39, 0.29) is 12.0 Å². The topological polar surface area (TPSA) is 59.1 Å². The Morgan fingerprint density at radius 3 is 2.52 bits per heavy atom. The molecule has 1 aromatic rings. The monoisotopic (exact) mass is 346 g/mol. The molecular weight excluding hydrogens is 320 g/mol. The van der Waals surface area contributed by atoms with Gasteiger partial charge in [0.1, 0.15) is 18.0 Å². The van der Waals surface area contributed by atoms with E-state index in [1.54, 1.807) is 25.1 Å². The summed E-state index contributed by atoms with van der Waals surface area (Å²) in [5.41, 5.74) is 1.64. The van der Waals surface area contributed by atoms with Gasteiger partial charge in [-0.25, -0.2) is 4.79 Å². The van der Waals surface area contributed by atoms with Crippen LogP contribution in [0.15, 0.2) is 30.4 Å². The molecule has 0 aliphatic carbocycles. The average Bonchev–Trinajstić information content (AvgIpc) is 2.93. The van der Waals surface area contributed by atoms with E-state index in [1.807, 2.05) is 39.0 Å². The number of fused-ring (bicyclic) bond motifs is 1. The fourth-order valence-electron chi connectivity index (χ4n) is 2.36. The average molecular weight is 346 g/mol. The molecule has 0 saturated carbocycles. The smallest absolute Gasteiger partial charge is 0.410 e. The summed E-state index contributed by atoms with van der Waals surface area (Å²) in [6, 6.07) is 5.77. The van der Waals surface area contributed by atoms with E-state index in [2.05, 4.69) is 0 Å². The summed E-state index contributed by atoms with van der Waals surface area (Å²) < 4.78 is 11.1. The normalized spacial score (nSPS) is 13.7. The number of hydrogen-bond donors (Lipinski definition) is 0. The zero-order valence-electron chi connectivity index (χ0n) is 15.5. The van der Waals surface area contributed by atoms with Gasteiger partial charge >= 0.3 is 6.09 Å². The minimum Gasteiger partial charge on any atom is -0.490 e. The second-order valence-electron chi connectivity index (χ2n) is 7.21. The molecule has 0 radical (unpaired) electrons. The number of nitrogens with zero attached hydrogens (tertiary/aromatic N) is 2. The third-order valence-corrected chi connectivity index (χ3v) is 3.60. The number of hydrogen-bond acceptors (Lipinski definition) is 4. The van der Waals surface area contributed by atoms with Crippen molar-refractivity contribution in [3.05, 3.63) is 41.5 Å². The van der Waals surface area contributed by atoms with Gasteiger partial charge in [0.25, 0.3) is 0 Å². The summed E-state index contributed by atoms with van der Waals surface area (Å²) in [6.45, 7) is 6.93. The van der Waals surface area contributed by atoms with E-state index in [4.69, 9.17) is 9.47 Å². The Morgan fingerprint density at radius 1 is 1.20 bits per heavy atom. The molecule has 6 heteroatoms. The molecule has 0 bridgehead atoms. The molecule has 2 rings (SSSR count). The first-order valence-electron chi connectivity index (χ1n) is 8.26. The maximum atomic E-state index is 12.2. The molecule has 1 aliphatic rings. The number of amides is 2. The van der Waals surface area contributed by atoms with Crippen LogP contribution in [0.4, 0.5) is 4.79 Å². The molecule has 136 valence electrons. The molecule has 0 aromatic heterocycles. The Bertz CT molecular complexity index is 674. The summed E-state index contributed by atoms with van der Waals surface area (Å²) >= 11 is 0. The van der Waals surface area contributed by atoms with E-state index in [1.165, 1.54) is 11.0 Å². The van der Waals surface area contributed by atoms with Gasteiger partial charge in [-0.3, -0.25) is 9.69 Å². The van der Waals surface area contributed by atoms with Crippen LogP contribution in [0.3, 0.4) is 0 Å². The third kappa shape index (κ3) is 5.52. The molecule has 0 N–H and O–H groups in total. The van der Waals surface area contributed by atoms with Crippen LogP contribution in [-0.4, -0.2) is 48.1 Å². The molecule has 2 amide bonds. The van der Waals surface area contributed by atoms with Crippen molar-refractivity contribution in [3.63, 3.8) is 0 Å². The van der Waals surface area contributed by atoms with Gasteiger partial charge in [-0.2, -0.15) is 0 Å². The van der Waals surface area contributed by atoms with Crippen molar-refractivity contribution < 1.29 is 19.1 Å². The highest BCUT2D eigenvalue weighted by atomic mass is 16.6. The van der Waals surface area contributed by atoms with Crippen LogP contribution in [-0.2, 0) is 22.6 Å². The zero-order valence-corrected chi connectivity index (χ0v) is 15.5. The van der Waals surface area contributed by atoms with Crippen molar-refractivity contribution in [1.82, 2.24) is 9.80 Å². The predicted molar refractivity (Wildman–Crippen MR) is 95.3 cm³/mol. The number of carbonyl (C=O) groups is 2. The predicted octanol–water partition coefficient (Wildman–Crippen LogP) is 2.96. The largest absolute Gasteiger partial charge is 0.490 e. The minimum atomic E-state index is -0.504. The standard InChI is InChI=1S/C19H26N2O4/c1-19(2,3)25-18(23)21-12-14-8-9-16(11-15(14)13-21)24-10-6-7-17(22)20(4)5/h6-9,11H,10,12-13H2,1-5H3/b7-6+. The van der Waals surface area contributed by atoms with Gasteiger partial charge in [0.05, 0.1) is 0 Å². The number of carbonyl (C=O) groups excluding carboxylic acids is 2. The second-order valence-corrected chi connectivity index (χ2v) is 7.21. The third-order valence-electron chi connectivity index (χ3n) is 3.60. The van der Waals surface area contributed by atoms with Crippen LogP contribution < -0.4 is 4.74 Å². The first-order valence-corrected chi connectivity index (χ1v) is 8.26. The van der Waals surface area contributed by atoms with Gasteiger partial charge in [0.2, 0.25) is 5.91 Å². The van der Waals surface area contributed by atoms with Crippen LogP contribution in [0.5, 0.6) is 5.75 Å². The number of benzene rings is 1. The minimum absolute atomic E-state index is 0.0782. The Labute approximate surface area is 149 Å². The first-order chi connectivity index (χ1) is 11.7. The summed E-state index contributed by atoms with van der Waals surface area (Å²) in [7, 11) is 3.40. The molecule has 25 heavy (non-hydrogen) atoms.